The van der Waals surface area contributed by atoms with E-state index in [1.54, 1.807) is 26.8 Å². The van der Waals surface area contributed by atoms with Crippen LogP contribution in [-0.2, 0) is 20.7 Å². The highest BCUT2D eigenvalue weighted by Crippen LogP contribution is 2.16. The van der Waals surface area contributed by atoms with Crippen molar-refractivity contribution in [2.24, 2.45) is 11.7 Å². The molecule has 3 N–H and O–H groups in total. The van der Waals surface area contributed by atoms with Crippen molar-refractivity contribution in [1.82, 2.24) is 0 Å². The lowest BCUT2D eigenvalue weighted by Crippen LogP contribution is -2.45. The molecule has 0 fully saturated rings. The third-order valence-corrected chi connectivity index (χ3v) is 2.72. The van der Waals surface area contributed by atoms with Crippen molar-refractivity contribution in [2.45, 2.75) is 38.8 Å². The van der Waals surface area contributed by atoms with Crippen LogP contribution in [0, 0.1) is 11.7 Å². The smallest absolute Gasteiger partial charge is 0.322 e. The van der Waals surface area contributed by atoms with Gasteiger partial charge in [-0.15, -0.1) is 0 Å². The number of carbonyl (C=O) groups is 2. The first-order chi connectivity index (χ1) is 9.60. The number of esters is 1. The summed E-state index contributed by atoms with van der Waals surface area (Å²) in [5, 5.41) is 9.19. The number of carboxylic acid groups (broad SMARTS) is 1. The number of carbonyl (C=O) groups excluding carboxylic acids is 1. The summed E-state index contributed by atoms with van der Waals surface area (Å²) >= 11 is 0. The van der Waals surface area contributed by atoms with Crippen LogP contribution in [0.4, 0.5) is 4.39 Å². The Labute approximate surface area is 122 Å². The van der Waals surface area contributed by atoms with E-state index in [0.717, 1.165) is 0 Å². The van der Waals surface area contributed by atoms with E-state index in [2.05, 4.69) is 0 Å². The van der Waals surface area contributed by atoms with E-state index in [1.165, 1.54) is 18.2 Å². The Morgan fingerprint density at radius 1 is 1.38 bits per heavy atom. The SMILES string of the molecule is CC(C)(C)OC(=O)[C@H](C(=O)O)[C@@H](N)Cc1cccc(F)c1. The molecule has 2 atom stereocenters. The highest BCUT2D eigenvalue weighted by Gasteiger charge is 2.36. The summed E-state index contributed by atoms with van der Waals surface area (Å²) in [4.78, 5) is 23.2. The summed E-state index contributed by atoms with van der Waals surface area (Å²) in [5.74, 6) is -4.18. The average Bonchev–Trinajstić information content (AvgIpc) is 2.25. The molecule has 0 spiro atoms. The van der Waals surface area contributed by atoms with E-state index in [1.807, 2.05) is 0 Å². The molecule has 0 bridgehead atoms. The normalized spacial score (nSPS) is 14.3. The summed E-state index contributed by atoms with van der Waals surface area (Å²) in [6.45, 7) is 4.92. The van der Waals surface area contributed by atoms with Crippen molar-refractivity contribution < 1.29 is 23.8 Å². The Kier molecular flexibility index (Phi) is 5.43. The molecule has 0 aliphatic heterocycles. The number of carboxylic acids is 1. The van der Waals surface area contributed by atoms with Gasteiger partial charge in [0.05, 0.1) is 0 Å². The number of benzene rings is 1. The zero-order chi connectivity index (χ0) is 16.2. The van der Waals surface area contributed by atoms with Crippen LogP contribution in [0.5, 0.6) is 0 Å². The number of hydrogen-bond donors (Lipinski definition) is 2. The molecule has 6 heteroatoms. The van der Waals surface area contributed by atoms with Gasteiger partial charge in [-0.3, -0.25) is 9.59 Å². The van der Waals surface area contributed by atoms with Gasteiger partial charge < -0.3 is 15.6 Å². The Balaban J connectivity index is 2.85. The van der Waals surface area contributed by atoms with Gasteiger partial charge in [0.1, 0.15) is 11.4 Å². The predicted octanol–water partition coefficient (Wildman–Crippen LogP) is 1.74. The minimum absolute atomic E-state index is 0.0635. The zero-order valence-corrected chi connectivity index (χ0v) is 12.3. The van der Waals surface area contributed by atoms with Gasteiger partial charge in [-0.2, -0.15) is 0 Å². The number of ether oxygens (including phenoxy) is 1. The van der Waals surface area contributed by atoms with Gasteiger partial charge in [0.25, 0.3) is 0 Å². The average molecular weight is 297 g/mol. The van der Waals surface area contributed by atoms with Crippen LogP contribution in [0.3, 0.4) is 0 Å². The van der Waals surface area contributed by atoms with Crippen LogP contribution < -0.4 is 5.73 Å². The molecular formula is C15H20FNO4. The second-order valence-electron chi connectivity index (χ2n) is 5.85. The fourth-order valence-corrected chi connectivity index (χ4v) is 1.88. The second-order valence-corrected chi connectivity index (χ2v) is 5.85. The Bertz CT molecular complexity index is 525. The molecule has 116 valence electrons. The number of halogens is 1. The summed E-state index contributed by atoms with van der Waals surface area (Å²) in [5.41, 5.74) is 5.54. The Hall–Kier alpha value is -1.95. The van der Waals surface area contributed by atoms with Crippen LogP contribution >= 0.6 is 0 Å². The fourth-order valence-electron chi connectivity index (χ4n) is 1.88. The first-order valence-electron chi connectivity index (χ1n) is 6.56. The molecule has 0 heterocycles. The third kappa shape index (κ3) is 5.51. The van der Waals surface area contributed by atoms with E-state index in [9.17, 15) is 19.1 Å². The molecule has 21 heavy (non-hydrogen) atoms. The molecule has 0 aliphatic rings. The summed E-state index contributed by atoms with van der Waals surface area (Å²) in [6, 6.07) is 4.65. The minimum atomic E-state index is -1.49. The molecule has 0 aromatic heterocycles. The Morgan fingerprint density at radius 2 is 2.00 bits per heavy atom. The van der Waals surface area contributed by atoms with Gasteiger partial charge in [-0.1, -0.05) is 12.1 Å². The molecule has 0 radical (unpaired) electrons. The van der Waals surface area contributed by atoms with Gasteiger partial charge in [0.15, 0.2) is 5.92 Å². The van der Waals surface area contributed by atoms with Crippen LogP contribution in [0.25, 0.3) is 0 Å². The van der Waals surface area contributed by atoms with Gasteiger partial charge in [0, 0.05) is 6.04 Å². The van der Waals surface area contributed by atoms with Crippen LogP contribution in [-0.4, -0.2) is 28.7 Å². The van der Waals surface area contributed by atoms with E-state index in [0.29, 0.717) is 5.56 Å². The molecular weight excluding hydrogens is 277 g/mol. The molecule has 1 aromatic carbocycles. The van der Waals surface area contributed by atoms with Crippen molar-refractivity contribution >= 4 is 11.9 Å². The maximum Gasteiger partial charge on any atom is 0.322 e. The molecule has 0 saturated heterocycles. The van der Waals surface area contributed by atoms with E-state index in [-0.39, 0.29) is 6.42 Å². The number of hydrogen-bond acceptors (Lipinski definition) is 4. The molecule has 1 aromatic rings. The molecule has 1 rings (SSSR count). The van der Waals surface area contributed by atoms with E-state index in [4.69, 9.17) is 10.5 Å². The lowest BCUT2D eigenvalue weighted by Gasteiger charge is -2.25. The van der Waals surface area contributed by atoms with Crippen molar-refractivity contribution in [3.63, 3.8) is 0 Å². The maximum atomic E-state index is 13.1. The number of nitrogens with two attached hydrogens (primary N) is 1. The van der Waals surface area contributed by atoms with Gasteiger partial charge in [-0.05, 0) is 44.9 Å². The van der Waals surface area contributed by atoms with Crippen molar-refractivity contribution in [3.05, 3.63) is 35.6 Å². The first kappa shape index (κ1) is 17.1. The monoisotopic (exact) mass is 297 g/mol. The van der Waals surface area contributed by atoms with Crippen molar-refractivity contribution in [3.8, 4) is 0 Å². The fraction of sp³-hybridized carbons (Fsp3) is 0.467. The topological polar surface area (TPSA) is 89.6 Å². The second kappa shape index (κ2) is 6.67. The predicted molar refractivity (Wildman–Crippen MR) is 75.1 cm³/mol. The largest absolute Gasteiger partial charge is 0.481 e. The zero-order valence-electron chi connectivity index (χ0n) is 12.3. The number of rotatable bonds is 5. The lowest BCUT2D eigenvalue weighted by atomic mass is 9.94. The van der Waals surface area contributed by atoms with Crippen molar-refractivity contribution in [2.75, 3.05) is 0 Å². The maximum absolute atomic E-state index is 13.1. The molecule has 0 saturated carbocycles. The lowest BCUT2D eigenvalue weighted by molar-refractivity contribution is -0.167. The van der Waals surface area contributed by atoms with E-state index >= 15 is 0 Å². The molecule has 0 aliphatic carbocycles. The standard InChI is InChI=1S/C15H20FNO4/c1-15(2,3)21-14(20)12(13(18)19)11(17)8-9-5-4-6-10(16)7-9/h4-7,11-12H,8,17H2,1-3H3,(H,18,19)/t11-,12-/m0/s1. The molecule has 0 amide bonds. The number of aliphatic carboxylic acids is 1. The van der Waals surface area contributed by atoms with Crippen LogP contribution in [0.1, 0.15) is 26.3 Å². The highest BCUT2D eigenvalue weighted by molar-refractivity contribution is 5.95. The summed E-state index contributed by atoms with van der Waals surface area (Å²) in [7, 11) is 0. The van der Waals surface area contributed by atoms with Gasteiger partial charge in [0.2, 0.25) is 0 Å². The summed E-state index contributed by atoms with van der Waals surface area (Å²) in [6.07, 6.45) is 0.0635. The van der Waals surface area contributed by atoms with Gasteiger partial charge >= 0.3 is 11.9 Å². The van der Waals surface area contributed by atoms with Crippen LogP contribution in [0.15, 0.2) is 24.3 Å². The summed E-state index contributed by atoms with van der Waals surface area (Å²) < 4.78 is 18.2. The Morgan fingerprint density at radius 3 is 2.48 bits per heavy atom. The van der Waals surface area contributed by atoms with Crippen molar-refractivity contribution in [1.29, 1.82) is 0 Å². The highest BCUT2D eigenvalue weighted by atomic mass is 19.1. The van der Waals surface area contributed by atoms with E-state index < -0.39 is 35.3 Å². The minimum Gasteiger partial charge on any atom is -0.481 e. The first-order valence-corrected chi connectivity index (χ1v) is 6.56. The van der Waals surface area contributed by atoms with Crippen LogP contribution in [0.2, 0.25) is 0 Å². The third-order valence-electron chi connectivity index (χ3n) is 2.72. The van der Waals surface area contributed by atoms with Gasteiger partial charge in [-0.25, -0.2) is 4.39 Å². The molecule has 0 unspecified atom stereocenters. The quantitative estimate of drug-likeness (QED) is 0.638. The molecule has 5 nitrogen and oxygen atoms in total.